The summed E-state index contributed by atoms with van der Waals surface area (Å²) in [5, 5.41) is 7.16. The fourth-order valence-electron chi connectivity index (χ4n) is 2.00. The number of hydrogen-bond donors (Lipinski definition) is 1. The average Bonchev–Trinajstić information content (AvgIpc) is 2.85. The lowest BCUT2D eigenvalue weighted by Gasteiger charge is -2.13. The molecule has 102 valence electrons. The molecule has 6 heteroatoms. The quantitative estimate of drug-likeness (QED) is 0.798. The molecule has 3 aromatic rings. The predicted octanol–water partition coefficient (Wildman–Crippen LogP) is 3.71. The SMILES string of the molecule is Cc1nc(C(C)Nc2ncnc3cc(F)ccc23)cs1. The molecular formula is C14H13FN4S. The summed E-state index contributed by atoms with van der Waals surface area (Å²) >= 11 is 1.62. The lowest BCUT2D eigenvalue weighted by atomic mass is 10.2. The second-order valence-corrected chi connectivity index (χ2v) is 5.60. The Morgan fingerprint density at radius 2 is 2.15 bits per heavy atom. The summed E-state index contributed by atoms with van der Waals surface area (Å²) in [5.41, 5.74) is 1.56. The normalized spacial score (nSPS) is 12.6. The number of anilines is 1. The molecule has 0 saturated heterocycles. The van der Waals surface area contributed by atoms with Gasteiger partial charge in [-0.3, -0.25) is 0 Å². The van der Waals surface area contributed by atoms with E-state index in [2.05, 4.69) is 20.3 Å². The Morgan fingerprint density at radius 1 is 1.30 bits per heavy atom. The zero-order valence-corrected chi connectivity index (χ0v) is 11.9. The van der Waals surface area contributed by atoms with Gasteiger partial charge in [-0.1, -0.05) is 0 Å². The van der Waals surface area contributed by atoms with Crippen LogP contribution >= 0.6 is 11.3 Å². The van der Waals surface area contributed by atoms with Gasteiger partial charge in [0.2, 0.25) is 0 Å². The van der Waals surface area contributed by atoms with Crippen molar-refractivity contribution in [3.63, 3.8) is 0 Å². The maximum Gasteiger partial charge on any atom is 0.137 e. The number of halogens is 1. The van der Waals surface area contributed by atoms with Gasteiger partial charge in [0.15, 0.2) is 0 Å². The van der Waals surface area contributed by atoms with E-state index in [-0.39, 0.29) is 11.9 Å². The van der Waals surface area contributed by atoms with E-state index in [1.165, 1.54) is 18.5 Å². The minimum atomic E-state index is -0.301. The maximum absolute atomic E-state index is 13.2. The molecule has 0 fully saturated rings. The molecule has 3 rings (SSSR count). The molecule has 2 heterocycles. The summed E-state index contributed by atoms with van der Waals surface area (Å²) in [6, 6.07) is 4.53. The lowest BCUT2D eigenvalue weighted by Crippen LogP contribution is -2.09. The van der Waals surface area contributed by atoms with Crippen molar-refractivity contribution in [3.8, 4) is 0 Å². The smallest absolute Gasteiger partial charge is 0.137 e. The van der Waals surface area contributed by atoms with E-state index in [0.717, 1.165) is 16.1 Å². The fraction of sp³-hybridized carbons (Fsp3) is 0.214. The third kappa shape index (κ3) is 2.46. The summed E-state index contributed by atoms with van der Waals surface area (Å²) in [7, 11) is 0. The van der Waals surface area contributed by atoms with Gasteiger partial charge >= 0.3 is 0 Å². The van der Waals surface area contributed by atoms with Crippen LogP contribution in [-0.4, -0.2) is 15.0 Å². The highest BCUT2D eigenvalue weighted by Gasteiger charge is 2.12. The molecule has 0 saturated carbocycles. The molecule has 2 aromatic heterocycles. The molecule has 0 aliphatic carbocycles. The molecule has 1 atom stereocenters. The van der Waals surface area contributed by atoms with E-state index in [4.69, 9.17) is 0 Å². The number of hydrogen-bond acceptors (Lipinski definition) is 5. The summed E-state index contributed by atoms with van der Waals surface area (Å²) in [6.07, 6.45) is 1.43. The molecule has 1 aromatic carbocycles. The highest BCUT2D eigenvalue weighted by molar-refractivity contribution is 7.09. The second-order valence-electron chi connectivity index (χ2n) is 4.54. The maximum atomic E-state index is 13.2. The van der Waals surface area contributed by atoms with E-state index < -0.39 is 0 Å². The minimum Gasteiger partial charge on any atom is -0.361 e. The number of aromatic nitrogens is 3. The van der Waals surface area contributed by atoms with Crippen LogP contribution in [0, 0.1) is 12.7 Å². The number of nitrogens with zero attached hydrogens (tertiary/aromatic N) is 3. The van der Waals surface area contributed by atoms with Crippen molar-refractivity contribution in [1.82, 2.24) is 15.0 Å². The van der Waals surface area contributed by atoms with Crippen LogP contribution in [0.15, 0.2) is 29.9 Å². The zero-order valence-electron chi connectivity index (χ0n) is 11.1. The lowest BCUT2D eigenvalue weighted by molar-refractivity contribution is 0.629. The van der Waals surface area contributed by atoms with Crippen LogP contribution in [0.3, 0.4) is 0 Å². The van der Waals surface area contributed by atoms with Gasteiger partial charge in [0.25, 0.3) is 0 Å². The van der Waals surface area contributed by atoms with Gasteiger partial charge in [-0.25, -0.2) is 19.3 Å². The Labute approximate surface area is 119 Å². The summed E-state index contributed by atoms with van der Waals surface area (Å²) in [4.78, 5) is 12.8. The number of benzene rings is 1. The first-order valence-electron chi connectivity index (χ1n) is 6.22. The van der Waals surface area contributed by atoms with Crippen molar-refractivity contribution in [3.05, 3.63) is 46.4 Å². The average molecular weight is 288 g/mol. The van der Waals surface area contributed by atoms with Crippen molar-refractivity contribution >= 4 is 28.1 Å². The van der Waals surface area contributed by atoms with Crippen LogP contribution in [0.4, 0.5) is 10.2 Å². The largest absolute Gasteiger partial charge is 0.361 e. The van der Waals surface area contributed by atoms with Gasteiger partial charge in [-0.05, 0) is 26.0 Å². The first kappa shape index (κ1) is 12.9. The third-order valence-electron chi connectivity index (χ3n) is 3.03. The monoisotopic (exact) mass is 288 g/mol. The van der Waals surface area contributed by atoms with Crippen molar-refractivity contribution < 1.29 is 4.39 Å². The highest BCUT2D eigenvalue weighted by atomic mass is 32.1. The molecule has 1 N–H and O–H groups in total. The van der Waals surface area contributed by atoms with E-state index in [1.807, 2.05) is 19.2 Å². The molecule has 4 nitrogen and oxygen atoms in total. The van der Waals surface area contributed by atoms with E-state index in [9.17, 15) is 4.39 Å². The molecule has 0 radical (unpaired) electrons. The van der Waals surface area contributed by atoms with Crippen molar-refractivity contribution in [2.45, 2.75) is 19.9 Å². The van der Waals surface area contributed by atoms with Gasteiger partial charge in [0, 0.05) is 16.8 Å². The van der Waals surface area contributed by atoms with Crippen LogP contribution in [0.2, 0.25) is 0 Å². The number of aryl methyl sites for hydroxylation is 1. The van der Waals surface area contributed by atoms with Gasteiger partial charge in [0.1, 0.15) is 18.0 Å². The Kier molecular flexibility index (Phi) is 3.31. The number of rotatable bonds is 3. The molecule has 0 amide bonds. The molecule has 0 spiro atoms. The van der Waals surface area contributed by atoms with Crippen LogP contribution in [0.1, 0.15) is 23.7 Å². The Bertz CT molecular complexity index is 756. The molecule has 20 heavy (non-hydrogen) atoms. The van der Waals surface area contributed by atoms with Crippen molar-refractivity contribution in [1.29, 1.82) is 0 Å². The Morgan fingerprint density at radius 3 is 2.90 bits per heavy atom. The summed E-state index contributed by atoms with van der Waals surface area (Å²) in [5.74, 6) is 0.387. The van der Waals surface area contributed by atoms with Crippen LogP contribution < -0.4 is 5.32 Å². The molecule has 0 aliphatic heterocycles. The number of fused-ring (bicyclic) bond motifs is 1. The van der Waals surface area contributed by atoms with Crippen molar-refractivity contribution in [2.75, 3.05) is 5.32 Å². The van der Waals surface area contributed by atoms with Crippen LogP contribution in [-0.2, 0) is 0 Å². The first-order chi connectivity index (χ1) is 9.63. The predicted molar refractivity (Wildman–Crippen MR) is 78.4 cm³/mol. The highest BCUT2D eigenvalue weighted by Crippen LogP contribution is 2.25. The number of thiazole rings is 1. The molecule has 0 bridgehead atoms. The van der Waals surface area contributed by atoms with Gasteiger partial charge in [-0.2, -0.15) is 0 Å². The van der Waals surface area contributed by atoms with Gasteiger partial charge in [0.05, 0.1) is 22.3 Å². The topological polar surface area (TPSA) is 50.7 Å². The summed E-state index contributed by atoms with van der Waals surface area (Å²) in [6.45, 7) is 4.00. The van der Waals surface area contributed by atoms with Crippen LogP contribution in [0.25, 0.3) is 10.9 Å². The molecular weight excluding hydrogens is 275 g/mol. The van der Waals surface area contributed by atoms with E-state index >= 15 is 0 Å². The second kappa shape index (κ2) is 5.13. The Balaban J connectivity index is 1.94. The van der Waals surface area contributed by atoms with Crippen molar-refractivity contribution in [2.24, 2.45) is 0 Å². The summed E-state index contributed by atoms with van der Waals surface area (Å²) < 4.78 is 13.2. The van der Waals surface area contributed by atoms with Gasteiger partial charge in [-0.15, -0.1) is 11.3 Å². The zero-order chi connectivity index (χ0) is 14.1. The standard InChI is InChI=1S/C14H13FN4S/c1-8(13-6-20-9(2)19-13)18-14-11-4-3-10(15)5-12(11)16-7-17-14/h3-8H,1-2H3,(H,16,17,18). The first-order valence-corrected chi connectivity index (χ1v) is 7.10. The molecule has 0 aliphatic rings. The third-order valence-corrected chi connectivity index (χ3v) is 3.82. The minimum absolute atomic E-state index is 0.0307. The Hall–Kier alpha value is -2.08. The molecule has 1 unspecified atom stereocenters. The van der Waals surface area contributed by atoms with E-state index in [0.29, 0.717) is 11.3 Å². The number of nitrogens with one attached hydrogen (secondary N) is 1. The van der Waals surface area contributed by atoms with E-state index in [1.54, 1.807) is 17.4 Å². The van der Waals surface area contributed by atoms with Gasteiger partial charge < -0.3 is 5.32 Å². The van der Waals surface area contributed by atoms with Crippen LogP contribution in [0.5, 0.6) is 0 Å². The fourth-order valence-corrected chi connectivity index (χ4v) is 2.71.